The fourth-order valence-electron chi connectivity index (χ4n) is 0.464. The first-order valence-electron chi connectivity index (χ1n) is 2.22. The van der Waals surface area contributed by atoms with E-state index in [1.807, 2.05) is 0 Å². The number of nitriles is 2. The second-order valence-electron chi connectivity index (χ2n) is 1.35. The Morgan fingerprint density at radius 3 is 2.50 bits per heavy atom. The van der Waals surface area contributed by atoms with Crippen molar-refractivity contribution in [2.45, 2.75) is 0 Å². The summed E-state index contributed by atoms with van der Waals surface area (Å²) in [6.45, 7) is 0. The maximum atomic E-state index is 8.27. The molecule has 0 aliphatic heterocycles. The summed E-state index contributed by atoms with van der Waals surface area (Å²) in [4.78, 5) is 6.08. The van der Waals surface area contributed by atoms with Gasteiger partial charge in [-0.3, -0.25) is 0 Å². The molecule has 0 aliphatic carbocycles. The fourth-order valence-corrected chi connectivity index (χ4v) is 0.464. The van der Waals surface area contributed by atoms with E-state index in [0.29, 0.717) is 0 Å². The third kappa shape index (κ3) is 1.58. The monoisotopic (exact) mass is 141 g/mol. The van der Waals surface area contributed by atoms with E-state index in [0.717, 1.165) is 0 Å². The standard InChI is InChI=1S/C5H2N4.Na/c6-1-4-5(2-7)9-3-8-4;/h3H,(H,8,9);. The summed E-state index contributed by atoms with van der Waals surface area (Å²) in [6.07, 6.45) is 1.32. The van der Waals surface area contributed by atoms with Crippen molar-refractivity contribution in [2.24, 2.45) is 0 Å². The van der Waals surface area contributed by atoms with Crippen LogP contribution in [0.1, 0.15) is 11.4 Å². The molecule has 43 valence electrons. The maximum Gasteiger partial charge on any atom is 0.176 e. The van der Waals surface area contributed by atoms with Gasteiger partial charge in [-0.15, -0.1) is 0 Å². The summed E-state index contributed by atoms with van der Waals surface area (Å²) >= 11 is 0. The van der Waals surface area contributed by atoms with Gasteiger partial charge in [0.2, 0.25) is 0 Å². The number of hydrogen-bond acceptors (Lipinski definition) is 3. The number of nitrogens with one attached hydrogen (secondary N) is 1. The second-order valence-corrected chi connectivity index (χ2v) is 1.35. The van der Waals surface area contributed by atoms with Crippen LogP contribution in [0, 0.1) is 22.7 Å². The first-order chi connectivity index (χ1) is 4.38. The van der Waals surface area contributed by atoms with Crippen molar-refractivity contribution >= 4 is 29.6 Å². The van der Waals surface area contributed by atoms with Crippen LogP contribution >= 0.6 is 0 Å². The molecule has 0 saturated carbocycles. The largest absolute Gasteiger partial charge is 0.335 e. The quantitative estimate of drug-likeness (QED) is 0.507. The molecule has 5 heteroatoms. The van der Waals surface area contributed by atoms with E-state index in [2.05, 4.69) is 9.97 Å². The van der Waals surface area contributed by atoms with Crippen LogP contribution in [-0.2, 0) is 0 Å². The van der Waals surface area contributed by atoms with Gasteiger partial charge in [0.05, 0.1) is 6.33 Å². The van der Waals surface area contributed by atoms with E-state index in [1.54, 1.807) is 12.1 Å². The number of hydrogen-bond donors (Lipinski definition) is 1. The number of nitrogens with zero attached hydrogens (tertiary/aromatic N) is 3. The Balaban J connectivity index is 0.000000810. The van der Waals surface area contributed by atoms with Crippen LogP contribution in [0.5, 0.6) is 0 Å². The van der Waals surface area contributed by atoms with Crippen LogP contribution in [-0.4, -0.2) is 39.5 Å². The summed E-state index contributed by atoms with van der Waals surface area (Å²) in [7, 11) is 0. The zero-order chi connectivity index (χ0) is 6.69. The van der Waals surface area contributed by atoms with E-state index in [1.165, 1.54) is 6.33 Å². The number of imidazole rings is 1. The van der Waals surface area contributed by atoms with E-state index in [-0.39, 0.29) is 40.9 Å². The Morgan fingerprint density at radius 1 is 1.40 bits per heavy atom. The normalized spacial score (nSPS) is 7.00. The molecule has 0 bridgehead atoms. The number of H-pyrrole nitrogens is 1. The Bertz CT molecular complexity index is 261. The van der Waals surface area contributed by atoms with Crippen molar-refractivity contribution in [1.29, 1.82) is 10.5 Å². The fraction of sp³-hybridized carbons (Fsp3) is 0. The van der Waals surface area contributed by atoms with Crippen molar-refractivity contribution in [3.8, 4) is 12.1 Å². The third-order valence-corrected chi connectivity index (χ3v) is 0.857. The molecule has 1 aromatic rings. The number of aromatic amines is 1. The average Bonchev–Trinajstić information content (AvgIpc) is 2.33. The van der Waals surface area contributed by atoms with Crippen LogP contribution in [0.15, 0.2) is 6.33 Å². The minimum atomic E-state index is 0. The summed E-state index contributed by atoms with van der Waals surface area (Å²) in [5.74, 6) is 0. The van der Waals surface area contributed by atoms with E-state index >= 15 is 0 Å². The second kappa shape index (κ2) is 4.08. The molecule has 0 amide bonds. The summed E-state index contributed by atoms with van der Waals surface area (Å²) < 4.78 is 0. The van der Waals surface area contributed by atoms with E-state index < -0.39 is 0 Å². The van der Waals surface area contributed by atoms with Crippen molar-refractivity contribution in [2.75, 3.05) is 0 Å². The van der Waals surface area contributed by atoms with Crippen LogP contribution in [0.3, 0.4) is 0 Å². The number of rotatable bonds is 0. The molecule has 1 rings (SSSR count). The van der Waals surface area contributed by atoms with Gasteiger partial charge in [-0.05, 0) is 0 Å². The van der Waals surface area contributed by atoms with Crippen LogP contribution in [0.4, 0.5) is 0 Å². The average molecular weight is 141 g/mol. The van der Waals surface area contributed by atoms with Gasteiger partial charge in [-0.25, -0.2) is 4.98 Å². The molecule has 0 saturated heterocycles. The molecular weight excluding hydrogens is 139 g/mol. The predicted molar refractivity (Wildman–Crippen MR) is 33.8 cm³/mol. The first-order valence-corrected chi connectivity index (χ1v) is 2.22. The van der Waals surface area contributed by atoms with Crippen molar-refractivity contribution in [3.05, 3.63) is 17.7 Å². The van der Waals surface area contributed by atoms with Crippen LogP contribution < -0.4 is 0 Å². The van der Waals surface area contributed by atoms with Gasteiger partial charge in [0.25, 0.3) is 0 Å². The Labute approximate surface area is 79.8 Å². The molecule has 0 unspecified atom stereocenters. The van der Waals surface area contributed by atoms with Crippen molar-refractivity contribution in [3.63, 3.8) is 0 Å². The first kappa shape index (κ1) is 9.19. The SMILES string of the molecule is N#Cc1nc[nH]c1C#N.[Na]. The molecule has 0 aromatic carbocycles. The molecule has 0 atom stereocenters. The Morgan fingerprint density at radius 2 is 2.10 bits per heavy atom. The van der Waals surface area contributed by atoms with Crippen LogP contribution in [0.2, 0.25) is 0 Å². The van der Waals surface area contributed by atoms with Crippen molar-refractivity contribution in [1.82, 2.24) is 9.97 Å². The van der Waals surface area contributed by atoms with Gasteiger partial charge in [-0.1, -0.05) is 0 Å². The Kier molecular flexibility index (Phi) is 3.75. The van der Waals surface area contributed by atoms with Gasteiger partial charge < -0.3 is 4.98 Å². The maximum absolute atomic E-state index is 8.27. The topological polar surface area (TPSA) is 76.3 Å². The molecule has 0 fully saturated rings. The minimum Gasteiger partial charge on any atom is -0.335 e. The van der Waals surface area contributed by atoms with Gasteiger partial charge in [0.15, 0.2) is 11.4 Å². The molecule has 10 heavy (non-hydrogen) atoms. The molecular formula is C5H2N4Na. The minimum absolute atomic E-state index is 0. The van der Waals surface area contributed by atoms with E-state index in [9.17, 15) is 0 Å². The van der Waals surface area contributed by atoms with Gasteiger partial charge in [0.1, 0.15) is 12.1 Å². The molecule has 1 heterocycles. The summed E-state index contributed by atoms with van der Waals surface area (Å²) in [6, 6.07) is 3.55. The zero-order valence-corrected chi connectivity index (χ0v) is 7.42. The number of aromatic nitrogens is 2. The molecule has 0 aliphatic rings. The predicted octanol–water partition coefficient (Wildman–Crippen LogP) is -0.228. The molecule has 1 radical (unpaired) electrons. The van der Waals surface area contributed by atoms with Gasteiger partial charge in [-0.2, -0.15) is 10.5 Å². The summed E-state index contributed by atoms with van der Waals surface area (Å²) in [5, 5.41) is 16.5. The van der Waals surface area contributed by atoms with Crippen molar-refractivity contribution < 1.29 is 0 Å². The molecule has 1 aromatic heterocycles. The molecule has 1 N–H and O–H groups in total. The van der Waals surface area contributed by atoms with E-state index in [4.69, 9.17) is 10.5 Å². The van der Waals surface area contributed by atoms with Gasteiger partial charge >= 0.3 is 0 Å². The smallest absolute Gasteiger partial charge is 0.176 e. The molecule has 0 spiro atoms. The third-order valence-electron chi connectivity index (χ3n) is 0.857. The van der Waals surface area contributed by atoms with Crippen LogP contribution in [0.25, 0.3) is 0 Å². The molecule has 4 nitrogen and oxygen atoms in total. The van der Waals surface area contributed by atoms with Gasteiger partial charge in [0, 0.05) is 29.6 Å². The summed E-state index contributed by atoms with van der Waals surface area (Å²) in [5.41, 5.74) is 0.370. The Hall–Kier alpha value is -0.810. The zero-order valence-electron chi connectivity index (χ0n) is 5.42.